The number of carbonyl (C=O) groups is 1. The summed E-state index contributed by atoms with van der Waals surface area (Å²) >= 11 is 0. The van der Waals surface area contributed by atoms with Gasteiger partial charge in [-0.15, -0.1) is 0 Å². The Hall–Kier alpha value is -2.21. The number of ether oxygens (including phenoxy) is 1. The zero-order valence-electron chi connectivity index (χ0n) is 13.6. The molecule has 0 heterocycles. The van der Waals surface area contributed by atoms with E-state index in [-0.39, 0.29) is 11.7 Å². The van der Waals surface area contributed by atoms with Crippen molar-refractivity contribution in [1.82, 2.24) is 5.32 Å². The Morgan fingerprint density at radius 3 is 2.62 bits per heavy atom. The van der Waals surface area contributed by atoms with Gasteiger partial charge in [-0.1, -0.05) is 30.3 Å². The molecule has 2 atom stereocenters. The molecule has 1 amide bonds. The van der Waals surface area contributed by atoms with E-state index in [1.165, 1.54) is 25.3 Å². The van der Waals surface area contributed by atoms with Gasteiger partial charge in [0.15, 0.2) is 0 Å². The zero-order valence-corrected chi connectivity index (χ0v) is 14.4. The van der Waals surface area contributed by atoms with E-state index in [0.717, 1.165) is 5.56 Å². The number of methoxy groups -OCH3 is 1. The third kappa shape index (κ3) is 4.89. The first-order valence-electron chi connectivity index (χ1n) is 7.52. The Kier molecular flexibility index (Phi) is 6.49. The molecule has 24 heavy (non-hydrogen) atoms. The van der Waals surface area contributed by atoms with Gasteiger partial charge in [0.1, 0.15) is 16.8 Å². The minimum absolute atomic E-state index is 0.0564. The van der Waals surface area contributed by atoms with Crippen LogP contribution in [0.2, 0.25) is 0 Å². The number of hydrogen-bond donors (Lipinski definition) is 1. The summed E-state index contributed by atoms with van der Waals surface area (Å²) in [5, 5.41) is 2.06. The number of amides is 1. The van der Waals surface area contributed by atoms with Crippen molar-refractivity contribution in [3.8, 4) is 5.75 Å². The quantitative estimate of drug-likeness (QED) is 0.836. The van der Waals surface area contributed by atoms with Gasteiger partial charge in [0.05, 0.1) is 12.9 Å². The highest BCUT2D eigenvalue weighted by atomic mass is 32.2. The number of nitrogens with one attached hydrogen (secondary N) is 1. The van der Waals surface area contributed by atoms with Gasteiger partial charge in [0, 0.05) is 22.9 Å². The maximum Gasteiger partial charge on any atom is 0.235 e. The van der Waals surface area contributed by atoms with Crippen LogP contribution in [0.5, 0.6) is 5.75 Å². The standard InChI is InChI=1S/C18H20FNO3S/c1-13(18(21)20-11-14-6-4-3-5-7-14)24(22)12-15-10-16(19)8-9-17(15)23-2/h3-10,13H,11-12H2,1-2H3,(H,20,21)/t13-,24+/m0/s1. The second-order valence-electron chi connectivity index (χ2n) is 5.33. The molecule has 2 rings (SSSR count). The summed E-state index contributed by atoms with van der Waals surface area (Å²) in [7, 11) is -0.0147. The average molecular weight is 349 g/mol. The predicted molar refractivity (Wildman–Crippen MR) is 92.5 cm³/mol. The average Bonchev–Trinajstić information content (AvgIpc) is 2.60. The number of hydrogen-bond acceptors (Lipinski definition) is 3. The van der Waals surface area contributed by atoms with Crippen molar-refractivity contribution in [2.75, 3.05) is 7.11 Å². The van der Waals surface area contributed by atoms with E-state index in [2.05, 4.69) is 5.32 Å². The number of halogens is 1. The number of benzene rings is 2. The van der Waals surface area contributed by atoms with Crippen molar-refractivity contribution in [3.63, 3.8) is 0 Å². The van der Waals surface area contributed by atoms with Crippen LogP contribution in [0, 0.1) is 5.82 Å². The van der Waals surface area contributed by atoms with Gasteiger partial charge in [-0.25, -0.2) is 4.39 Å². The lowest BCUT2D eigenvalue weighted by Crippen LogP contribution is -2.35. The van der Waals surface area contributed by atoms with Crippen LogP contribution < -0.4 is 10.1 Å². The van der Waals surface area contributed by atoms with Gasteiger partial charge < -0.3 is 10.1 Å². The fourth-order valence-corrected chi connectivity index (χ4v) is 3.29. The van der Waals surface area contributed by atoms with Crippen molar-refractivity contribution in [2.45, 2.75) is 24.5 Å². The third-order valence-corrected chi connectivity index (χ3v) is 5.21. The van der Waals surface area contributed by atoms with Gasteiger partial charge in [-0.05, 0) is 30.7 Å². The van der Waals surface area contributed by atoms with Gasteiger partial charge in [0.25, 0.3) is 0 Å². The zero-order chi connectivity index (χ0) is 17.5. The molecule has 0 aromatic heterocycles. The van der Waals surface area contributed by atoms with Crippen LogP contribution in [0.4, 0.5) is 4.39 Å². The van der Waals surface area contributed by atoms with E-state index in [0.29, 0.717) is 17.9 Å². The molecule has 0 saturated heterocycles. The summed E-state index contributed by atoms with van der Waals surface area (Å²) < 4.78 is 30.9. The van der Waals surface area contributed by atoms with Gasteiger partial charge >= 0.3 is 0 Å². The Labute approximate surface area is 143 Å². The fraction of sp³-hybridized carbons (Fsp3) is 0.278. The molecule has 0 unspecified atom stereocenters. The Bertz CT molecular complexity index is 721. The molecule has 0 spiro atoms. The van der Waals surface area contributed by atoms with E-state index in [9.17, 15) is 13.4 Å². The molecule has 0 radical (unpaired) electrons. The van der Waals surface area contributed by atoms with Crippen molar-refractivity contribution in [2.24, 2.45) is 0 Å². The highest BCUT2D eigenvalue weighted by Gasteiger charge is 2.21. The maximum absolute atomic E-state index is 13.4. The summed E-state index contributed by atoms with van der Waals surface area (Å²) in [5.41, 5.74) is 1.45. The molecule has 0 saturated carbocycles. The lowest BCUT2D eigenvalue weighted by atomic mass is 10.2. The van der Waals surface area contributed by atoms with E-state index in [1.54, 1.807) is 6.92 Å². The van der Waals surface area contributed by atoms with E-state index >= 15 is 0 Å². The fourth-order valence-electron chi connectivity index (χ4n) is 2.19. The molecular weight excluding hydrogens is 329 g/mol. The van der Waals surface area contributed by atoms with Crippen molar-refractivity contribution in [1.29, 1.82) is 0 Å². The molecule has 1 N–H and O–H groups in total. The normalized spacial score (nSPS) is 13.1. The molecular formula is C18H20FNO3S. The van der Waals surface area contributed by atoms with Crippen molar-refractivity contribution < 1.29 is 18.1 Å². The Balaban J connectivity index is 1.96. The maximum atomic E-state index is 13.4. The first-order valence-corrected chi connectivity index (χ1v) is 8.90. The Morgan fingerprint density at radius 2 is 1.96 bits per heavy atom. The first-order chi connectivity index (χ1) is 11.5. The van der Waals surface area contributed by atoms with Crippen LogP contribution in [-0.2, 0) is 27.9 Å². The van der Waals surface area contributed by atoms with Crippen LogP contribution in [0.1, 0.15) is 18.1 Å². The minimum Gasteiger partial charge on any atom is -0.496 e. The van der Waals surface area contributed by atoms with E-state index in [1.807, 2.05) is 30.3 Å². The van der Waals surface area contributed by atoms with Gasteiger partial charge in [-0.3, -0.25) is 9.00 Å². The minimum atomic E-state index is -1.48. The second-order valence-corrected chi connectivity index (χ2v) is 7.08. The molecule has 0 aliphatic carbocycles. The molecule has 0 bridgehead atoms. The smallest absolute Gasteiger partial charge is 0.235 e. The lowest BCUT2D eigenvalue weighted by Gasteiger charge is -2.14. The molecule has 2 aromatic carbocycles. The van der Waals surface area contributed by atoms with Gasteiger partial charge in [0.2, 0.25) is 5.91 Å². The summed E-state index contributed by atoms with van der Waals surface area (Å²) in [6.07, 6.45) is 0. The third-order valence-electron chi connectivity index (χ3n) is 3.61. The molecule has 2 aromatic rings. The highest BCUT2D eigenvalue weighted by molar-refractivity contribution is 7.85. The van der Waals surface area contributed by atoms with Crippen LogP contribution in [0.15, 0.2) is 48.5 Å². The number of carbonyl (C=O) groups excluding carboxylic acids is 1. The lowest BCUT2D eigenvalue weighted by molar-refractivity contribution is -0.120. The van der Waals surface area contributed by atoms with Crippen LogP contribution in [-0.4, -0.2) is 22.5 Å². The van der Waals surface area contributed by atoms with Crippen LogP contribution in [0.25, 0.3) is 0 Å². The summed E-state index contributed by atoms with van der Waals surface area (Å²) in [4.78, 5) is 12.2. The highest BCUT2D eigenvalue weighted by Crippen LogP contribution is 2.21. The van der Waals surface area contributed by atoms with Crippen molar-refractivity contribution >= 4 is 16.7 Å². The van der Waals surface area contributed by atoms with Gasteiger partial charge in [-0.2, -0.15) is 0 Å². The SMILES string of the molecule is COc1ccc(F)cc1C[S@@](=O)[C@@H](C)C(=O)NCc1ccccc1. The second kappa shape index (κ2) is 8.59. The molecule has 6 heteroatoms. The van der Waals surface area contributed by atoms with Crippen LogP contribution >= 0.6 is 0 Å². The summed E-state index contributed by atoms with van der Waals surface area (Å²) in [6, 6.07) is 13.5. The van der Waals surface area contributed by atoms with Crippen molar-refractivity contribution in [3.05, 3.63) is 65.5 Å². The molecule has 0 aliphatic heterocycles. The first kappa shape index (κ1) is 18.1. The topological polar surface area (TPSA) is 55.4 Å². The largest absolute Gasteiger partial charge is 0.496 e. The predicted octanol–water partition coefficient (Wildman–Crippen LogP) is 2.79. The van der Waals surface area contributed by atoms with Crippen LogP contribution in [0.3, 0.4) is 0 Å². The van der Waals surface area contributed by atoms with E-state index < -0.39 is 21.9 Å². The summed E-state index contributed by atoms with van der Waals surface area (Å²) in [6.45, 7) is 1.98. The number of rotatable bonds is 7. The summed E-state index contributed by atoms with van der Waals surface area (Å²) in [5.74, 6) is -0.209. The molecule has 0 aliphatic rings. The van der Waals surface area contributed by atoms with E-state index in [4.69, 9.17) is 4.74 Å². The monoisotopic (exact) mass is 349 g/mol. The molecule has 0 fully saturated rings. The Morgan fingerprint density at radius 1 is 1.25 bits per heavy atom. The molecule has 4 nitrogen and oxygen atoms in total. The molecule has 128 valence electrons.